The summed E-state index contributed by atoms with van der Waals surface area (Å²) in [6, 6.07) is 6.38. The fourth-order valence-corrected chi connectivity index (χ4v) is 3.09. The molecule has 1 fully saturated rings. The van der Waals surface area contributed by atoms with E-state index in [0.29, 0.717) is 12.0 Å². The molecule has 1 aliphatic heterocycles. The van der Waals surface area contributed by atoms with Gasteiger partial charge in [0, 0.05) is 37.4 Å². The van der Waals surface area contributed by atoms with Crippen molar-refractivity contribution >= 4 is 6.09 Å². The Balaban J connectivity index is 1.96. The highest BCUT2D eigenvalue weighted by atomic mass is 16.6. The molecule has 0 spiro atoms. The molecule has 1 saturated heterocycles. The molecule has 24 heavy (non-hydrogen) atoms. The fourth-order valence-electron chi connectivity index (χ4n) is 3.09. The molecular weight excluding hydrogens is 302 g/mol. The molecule has 2 heterocycles. The number of nitrogens with zero attached hydrogens (tertiary/aromatic N) is 2. The van der Waals surface area contributed by atoms with Crippen LogP contribution in [-0.2, 0) is 11.2 Å². The van der Waals surface area contributed by atoms with Gasteiger partial charge in [-0.1, -0.05) is 13.0 Å². The van der Waals surface area contributed by atoms with Crippen LogP contribution in [-0.4, -0.2) is 47.3 Å². The highest BCUT2D eigenvalue weighted by Crippen LogP contribution is 2.24. The number of nitrogens with one attached hydrogen (secondary N) is 1. The summed E-state index contributed by atoms with van der Waals surface area (Å²) < 4.78 is 5.50. The number of likely N-dealkylation sites (tertiary alicyclic amines) is 1. The molecule has 0 aliphatic carbocycles. The van der Waals surface area contributed by atoms with E-state index in [4.69, 9.17) is 4.74 Å². The average Bonchev–Trinajstić information content (AvgIpc) is 3.01. The van der Waals surface area contributed by atoms with Gasteiger partial charge in [0.2, 0.25) is 0 Å². The maximum Gasteiger partial charge on any atom is 0.410 e. The summed E-state index contributed by atoms with van der Waals surface area (Å²) in [5.74, 6) is 0.436. The van der Waals surface area contributed by atoms with E-state index < -0.39 is 5.60 Å². The quantitative estimate of drug-likeness (QED) is 0.868. The standard InChI is InChI=1S/C19H31N3O2/c1-5-10-21-17(13-16-8-6-7-11-20-16)15-9-12-22(14-15)18(23)24-19(2,3)4/h6-8,11,15,17,21H,5,9-10,12-14H2,1-4H3. The van der Waals surface area contributed by atoms with Gasteiger partial charge >= 0.3 is 6.09 Å². The van der Waals surface area contributed by atoms with Crippen LogP contribution in [0.3, 0.4) is 0 Å². The number of ether oxygens (including phenoxy) is 1. The number of pyridine rings is 1. The summed E-state index contributed by atoms with van der Waals surface area (Å²) in [5, 5.41) is 3.65. The molecule has 0 radical (unpaired) electrons. The SMILES string of the molecule is CCCNC(Cc1ccccn1)C1CCN(C(=O)OC(C)(C)C)C1. The minimum absolute atomic E-state index is 0.197. The van der Waals surface area contributed by atoms with Crippen LogP contribution < -0.4 is 5.32 Å². The Bertz CT molecular complexity index is 513. The van der Waals surface area contributed by atoms with Gasteiger partial charge in [-0.2, -0.15) is 0 Å². The number of amides is 1. The van der Waals surface area contributed by atoms with E-state index in [1.54, 1.807) is 0 Å². The van der Waals surface area contributed by atoms with Gasteiger partial charge in [0.05, 0.1) is 0 Å². The lowest BCUT2D eigenvalue weighted by atomic mass is 9.94. The van der Waals surface area contributed by atoms with E-state index in [1.807, 2.05) is 44.0 Å². The third kappa shape index (κ3) is 5.78. The first-order valence-electron chi connectivity index (χ1n) is 9.00. The second-order valence-corrected chi connectivity index (χ2v) is 7.56. The van der Waals surface area contributed by atoms with E-state index in [1.165, 1.54) is 0 Å². The van der Waals surface area contributed by atoms with E-state index in [0.717, 1.165) is 44.6 Å². The molecule has 5 heteroatoms. The van der Waals surface area contributed by atoms with Crippen molar-refractivity contribution < 1.29 is 9.53 Å². The summed E-state index contributed by atoms with van der Waals surface area (Å²) in [6.07, 6.45) is 4.65. The minimum atomic E-state index is -0.441. The first kappa shape index (κ1) is 18.7. The molecule has 134 valence electrons. The van der Waals surface area contributed by atoms with Crippen molar-refractivity contribution in [2.24, 2.45) is 5.92 Å². The van der Waals surface area contributed by atoms with Crippen molar-refractivity contribution in [1.29, 1.82) is 0 Å². The van der Waals surface area contributed by atoms with Crippen LogP contribution in [0.4, 0.5) is 4.79 Å². The third-order valence-electron chi connectivity index (χ3n) is 4.26. The summed E-state index contributed by atoms with van der Waals surface area (Å²) in [6.45, 7) is 10.4. The zero-order valence-corrected chi connectivity index (χ0v) is 15.4. The Morgan fingerprint density at radius 2 is 2.25 bits per heavy atom. The fraction of sp³-hybridized carbons (Fsp3) is 0.684. The largest absolute Gasteiger partial charge is 0.444 e. The normalized spacial score (nSPS) is 19.3. The molecule has 1 aromatic heterocycles. The topological polar surface area (TPSA) is 54.5 Å². The van der Waals surface area contributed by atoms with Gasteiger partial charge in [-0.05, 0) is 58.2 Å². The molecule has 1 aromatic rings. The van der Waals surface area contributed by atoms with Gasteiger partial charge < -0.3 is 15.0 Å². The van der Waals surface area contributed by atoms with Crippen molar-refractivity contribution in [2.75, 3.05) is 19.6 Å². The molecule has 0 bridgehead atoms. The van der Waals surface area contributed by atoms with Crippen molar-refractivity contribution in [2.45, 2.75) is 58.6 Å². The molecule has 0 aromatic carbocycles. The second kappa shape index (κ2) is 8.47. The lowest BCUT2D eigenvalue weighted by Gasteiger charge is -2.27. The van der Waals surface area contributed by atoms with Gasteiger partial charge in [0.25, 0.3) is 0 Å². The summed E-state index contributed by atoms with van der Waals surface area (Å²) in [5.41, 5.74) is 0.657. The highest BCUT2D eigenvalue weighted by Gasteiger charge is 2.33. The molecular formula is C19H31N3O2. The zero-order chi connectivity index (χ0) is 17.6. The Labute approximate surface area is 145 Å². The lowest BCUT2D eigenvalue weighted by molar-refractivity contribution is 0.0285. The molecule has 2 atom stereocenters. The first-order valence-corrected chi connectivity index (χ1v) is 9.00. The van der Waals surface area contributed by atoms with E-state index in [2.05, 4.69) is 23.3 Å². The Hall–Kier alpha value is -1.62. The summed E-state index contributed by atoms with van der Waals surface area (Å²) in [7, 11) is 0. The average molecular weight is 333 g/mol. The number of hydrogen-bond donors (Lipinski definition) is 1. The van der Waals surface area contributed by atoms with Gasteiger partial charge in [-0.25, -0.2) is 4.79 Å². The maximum absolute atomic E-state index is 12.3. The maximum atomic E-state index is 12.3. The summed E-state index contributed by atoms with van der Waals surface area (Å²) >= 11 is 0. The Morgan fingerprint density at radius 1 is 1.46 bits per heavy atom. The van der Waals surface area contributed by atoms with Gasteiger partial charge in [0.15, 0.2) is 0 Å². The van der Waals surface area contributed by atoms with Crippen molar-refractivity contribution in [3.05, 3.63) is 30.1 Å². The number of carbonyl (C=O) groups excluding carboxylic acids is 1. The number of carbonyl (C=O) groups is 1. The van der Waals surface area contributed by atoms with Crippen LogP contribution in [0.2, 0.25) is 0 Å². The van der Waals surface area contributed by atoms with Crippen molar-refractivity contribution in [3.8, 4) is 0 Å². The van der Waals surface area contributed by atoms with E-state index in [-0.39, 0.29) is 6.09 Å². The van der Waals surface area contributed by atoms with Gasteiger partial charge in [-0.3, -0.25) is 4.98 Å². The molecule has 2 rings (SSSR count). The second-order valence-electron chi connectivity index (χ2n) is 7.56. The first-order chi connectivity index (χ1) is 11.4. The summed E-state index contributed by atoms with van der Waals surface area (Å²) in [4.78, 5) is 18.6. The smallest absolute Gasteiger partial charge is 0.410 e. The van der Waals surface area contributed by atoms with Crippen LogP contribution in [0.25, 0.3) is 0 Å². The minimum Gasteiger partial charge on any atom is -0.444 e. The van der Waals surface area contributed by atoms with Gasteiger partial charge in [0.1, 0.15) is 5.60 Å². The van der Waals surface area contributed by atoms with Crippen molar-refractivity contribution in [1.82, 2.24) is 15.2 Å². The number of aromatic nitrogens is 1. The Morgan fingerprint density at radius 3 is 2.88 bits per heavy atom. The zero-order valence-electron chi connectivity index (χ0n) is 15.4. The third-order valence-corrected chi connectivity index (χ3v) is 4.26. The van der Waals surface area contributed by atoms with Crippen LogP contribution in [0.15, 0.2) is 24.4 Å². The van der Waals surface area contributed by atoms with Crippen LogP contribution in [0.5, 0.6) is 0 Å². The lowest BCUT2D eigenvalue weighted by Crippen LogP contribution is -2.41. The molecule has 1 amide bonds. The van der Waals surface area contributed by atoms with E-state index in [9.17, 15) is 4.79 Å². The molecule has 2 unspecified atom stereocenters. The Kier molecular flexibility index (Phi) is 6.60. The predicted octanol–water partition coefficient (Wildman–Crippen LogP) is 3.25. The molecule has 1 N–H and O–H groups in total. The number of hydrogen-bond acceptors (Lipinski definition) is 4. The van der Waals surface area contributed by atoms with Crippen molar-refractivity contribution in [3.63, 3.8) is 0 Å². The van der Waals surface area contributed by atoms with Crippen LogP contribution >= 0.6 is 0 Å². The monoisotopic (exact) mass is 333 g/mol. The van der Waals surface area contributed by atoms with E-state index >= 15 is 0 Å². The predicted molar refractivity (Wildman–Crippen MR) is 95.9 cm³/mol. The van der Waals surface area contributed by atoms with Crippen LogP contribution in [0, 0.1) is 5.92 Å². The van der Waals surface area contributed by atoms with Gasteiger partial charge in [-0.15, -0.1) is 0 Å². The highest BCUT2D eigenvalue weighted by molar-refractivity contribution is 5.68. The number of rotatable bonds is 6. The molecule has 0 saturated carbocycles. The van der Waals surface area contributed by atoms with Crippen LogP contribution in [0.1, 0.15) is 46.2 Å². The molecule has 1 aliphatic rings. The molecule has 5 nitrogen and oxygen atoms in total.